The molecule has 2 aromatic carbocycles. The highest BCUT2D eigenvalue weighted by atomic mass is 16.5. The zero-order valence-electron chi connectivity index (χ0n) is 18.7. The van der Waals surface area contributed by atoms with Crippen molar-refractivity contribution in [2.45, 2.75) is 27.1 Å². The second kappa shape index (κ2) is 9.55. The molecule has 0 bridgehead atoms. The Hall–Kier alpha value is -3.81. The van der Waals surface area contributed by atoms with Gasteiger partial charge in [0.2, 0.25) is 5.56 Å². The van der Waals surface area contributed by atoms with Crippen LogP contribution in [0.5, 0.6) is 11.5 Å². The number of hydrogen-bond acceptors (Lipinski definition) is 7. The molecule has 0 aliphatic carbocycles. The molecule has 8 nitrogen and oxygen atoms in total. The summed E-state index contributed by atoms with van der Waals surface area (Å²) in [5.41, 5.74) is 2.65. The molecule has 0 fully saturated rings. The van der Waals surface area contributed by atoms with Crippen LogP contribution in [0.1, 0.15) is 25.0 Å². The summed E-state index contributed by atoms with van der Waals surface area (Å²) in [6, 6.07) is 8.70. The van der Waals surface area contributed by atoms with Gasteiger partial charge in [0, 0.05) is 38.7 Å². The molecule has 0 N–H and O–H groups in total. The van der Waals surface area contributed by atoms with E-state index < -0.39 is 11.9 Å². The average molecular weight is 439 g/mol. The maximum Gasteiger partial charge on any atom is 0.302 e. The Labute approximate surface area is 185 Å². The fraction of sp³-hybridized carbons (Fsp3) is 0.292. The van der Waals surface area contributed by atoms with Gasteiger partial charge in [-0.05, 0) is 51.7 Å². The van der Waals surface area contributed by atoms with E-state index in [0.29, 0.717) is 22.6 Å². The van der Waals surface area contributed by atoms with Crippen molar-refractivity contribution in [1.82, 2.24) is 4.57 Å². The predicted molar refractivity (Wildman–Crippen MR) is 119 cm³/mol. The Kier molecular flexibility index (Phi) is 6.82. The number of aromatic nitrogens is 1. The molecule has 0 spiro atoms. The number of fused-ring (bicyclic) bond motifs is 1. The van der Waals surface area contributed by atoms with Crippen LogP contribution in [-0.4, -0.2) is 30.7 Å². The summed E-state index contributed by atoms with van der Waals surface area (Å²) < 4.78 is 23.0. The highest BCUT2D eigenvalue weighted by Gasteiger charge is 2.20. The first-order valence-electron chi connectivity index (χ1n) is 9.89. The van der Waals surface area contributed by atoms with Crippen LogP contribution >= 0.6 is 0 Å². The van der Waals surface area contributed by atoms with E-state index in [2.05, 4.69) is 0 Å². The van der Waals surface area contributed by atoms with Gasteiger partial charge in [-0.25, -0.2) is 0 Å². The minimum Gasteiger partial charge on any atom is -0.493 e. The molecule has 0 atom stereocenters. The largest absolute Gasteiger partial charge is 0.493 e. The molecule has 0 unspecified atom stereocenters. The van der Waals surface area contributed by atoms with Gasteiger partial charge in [-0.1, -0.05) is 0 Å². The number of carbonyl (C=O) groups excluding carboxylic acids is 2. The smallest absolute Gasteiger partial charge is 0.302 e. The summed E-state index contributed by atoms with van der Waals surface area (Å²) in [7, 11) is 4.75. The lowest BCUT2D eigenvalue weighted by Gasteiger charge is -2.20. The van der Waals surface area contributed by atoms with E-state index in [1.165, 1.54) is 24.5 Å². The number of methoxy groups -OCH3 is 2. The number of esters is 2. The van der Waals surface area contributed by atoms with E-state index in [9.17, 15) is 14.4 Å². The zero-order valence-corrected chi connectivity index (χ0v) is 18.7. The van der Waals surface area contributed by atoms with E-state index in [1.807, 2.05) is 18.2 Å². The standard InChI is InChI=1S/C24H25NO7/c1-14(26)31-12-18-8-17-9-21(29-4)22(30-5)10-19(17)24(20(18)13-32-15(2)27)16-6-7-23(28)25(3)11-16/h6-11H,12-13H2,1-5H3. The molecule has 3 aromatic rings. The Morgan fingerprint density at radius 1 is 0.906 bits per heavy atom. The number of hydrogen-bond donors (Lipinski definition) is 0. The lowest BCUT2D eigenvalue weighted by atomic mass is 9.90. The van der Waals surface area contributed by atoms with Crippen LogP contribution in [0, 0.1) is 0 Å². The maximum atomic E-state index is 12.0. The van der Waals surface area contributed by atoms with E-state index in [4.69, 9.17) is 18.9 Å². The molecule has 3 rings (SSSR count). The van der Waals surface area contributed by atoms with Crippen molar-refractivity contribution in [2.75, 3.05) is 14.2 Å². The van der Waals surface area contributed by atoms with Gasteiger partial charge in [-0.2, -0.15) is 0 Å². The van der Waals surface area contributed by atoms with Crippen molar-refractivity contribution in [1.29, 1.82) is 0 Å². The molecule has 0 radical (unpaired) electrons. The van der Waals surface area contributed by atoms with E-state index in [0.717, 1.165) is 21.9 Å². The summed E-state index contributed by atoms with van der Waals surface area (Å²) >= 11 is 0. The van der Waals surface area contributed by atoms with Gasteiger partial charge in [-0.15, -0.1) is 0 Å². The highest BCUT2D eigenvalue weighted by molar-refractivity contribution is 6.01. The number of rotatable bonds is 7. The van der Waals surface area contributed by atoms with Gasteiger partial charge >= 0.3 is 11.9 Å². The minimum atomic E-state index is -0.442. The first-order chi connectivity index (χ1) is 15.2. The molecule has 0 aliphatic rings. The van der Waals surface area contributed by atoms with Crippen LogP contribution in [-0.2, 0) is 39.3 Å². The molecule has 0 saturated heterocycles. The quantitative estimate of drug-likeness (QED) is 0.521. The van der Waals surface area contributed by atoms with E-state index in [1.54, 1.807) is 33.5 Å². The Morgan fingerprint density at radius 2 is 1.53 bits per heavy atom. The van der Waals surface area contributed by atoms with Crippen LogP contribution in [0.4, 0.5) is 0 Å². The number of benzene rings is 2. The second-order valence-electron chi connectivity index (χ2n) is 7.25. The first-order valence-corrected chi connectivity index (χ1v) is 9.89. The molecule has 0 saturated carbocycles. The highest BCUT2D eigenvalue weighted by Crippen LogP contribution is 2.40. The Morgan fingerprint density at radius 3 is 2.12 bits per heavy atom. The van der Waals surface area contributed by atoms with Gasteiger partial charge < -0.3 is 23.5 Å². The Balaban J connectivity index is 2.41. The molecular formula is C24H25NO7. The number of aryl methyl sites for hydroxylation is 1. The van der Waals surface area contributed by atoms with Crippen molar-refractivity contribution < 1.29 is 28.5 Å². The first kappa shape index (κ1) is 22.9. The van der Waals surface area contributed by atoms with Gasteiger partial charge in [0.15, 0.2) is 11.5 Å². The topological polar surface area (TPSA) is 93.1 Å². The van der Waals surface area contributed by atoms with Crippen molar-refractivity contribution in [3.8, 4) is 22.6 Å². The fourth-order valence-electron chi connectivity index (χ4n) is 3.55. The number of carbonyl (C=O) groups is 2. The summed E-state index contributed by atoms with van der Waals surface area (Å²) in [5, 5.41) is 1.61. The predicted octanol–water partition coefficient (Wildman–Crippen LogP) is 3.35. The monoisotopic (exact) mass is 439 g/mol. The van der Waals surface area contributed by atoms with Crippen molar-refractivity contribution in [3.05, 3.63) is 58.0 Å². The fourth-order valence-corrected chi connectivity index (χ4v) is 3.55. The molecule has 8 heteroatoms. The molecule has 1 aromatic heterocycles. The second-order valence-corrected chi connectivity index (χ2v) is 7.25. The van der Waals surface area contributed by atoms with E-state index in [-0.39, 0.29) is 18.8 Å². The summed E-state index contributed by atoms with van der Waals surface area (Å²) in [4.78, 5) is 35.1. The number of nitrogens with zero attached hydrogens (tertiary/aromatic N) is 1. The molecule has 1 heterocycles. The Bertz CT molecular complexity index is 1240. The van der Waals surface area contributed by atoms with Crippen LogP contribution in [0.15, 0.2) is 41.3 Å². The summed E-state index contributed by atoms with van der Waals surface area (Å²) in [6.07, 6.45) is 1.71. The van der Waals surface area contributed by atoms with Crippen LogP contribution in [0.2, 0.25) is 0 Å². The SMILES string of the molecule is COc1cc2cc(COC(C)=O)c(COC(C)=O)c(-c3ccc(=O)n(C)c3)c2cc1OC. The van der Waals surface area contributed by atoms with E-state index >= 15 is 0 Å². The third kappa shape index (κ3) is 4.74. The van der Waals surface area contributed by atoms with Gasteiger partial charge in [0.25, 0.3) is 0 Å². The molecular weight excluding hydrogens is 414 g/mol. The van der Waals surface area contributed by atoms with Gasteiger partial charge in [0.1, 0.15) is 13.2 Å². The third-order valence-corrected chi connectivity index (χ3v) is 5.07. The average Bonchev–Trinajstić information content (AvgIpc) is 2.76. The summed E-state index contributed by atoms with van der Waals surface area (Å²) in [5.74, 6) is 0.191. The molecule has 0 aliphatic heterocycles. The van der Waals surface area contributed by atoms with Gasteiger partial charge in [-0.3, -0.25) is 14.4 Å². The van der Waals surface area contributed by atoms with Crippen LogP contribution in [0.3, 0.4) is 0 Å². The minimum absolute atomic E-state index is 0.00498. The normalized spacial score (nSPS) is 10.7. The molecule has 32 heavy (non-hydrogen) atoms. The number of pyridine rings is 1. The lowest BCUT2D eigenvalue weighted by Crippen LogP contribution is -2.14. The molecule has 168 valence electrons. The van der Waals surface area contributed by atoms with Crippen LogP contribution < -0.4 is 15.0 Å². The van der Waals surface area contributed by atoms with Crippen molar-refractivity contribution in [3.63, 3.8) is 0 Å². The van der Waals surface area contributed by atoms with Gasteiger partial charge in [0.05, 0.1) is 14.2 Å². The van der Waals surface area contributed by atoms with Crippen molar-refractivity contribution >= 4 is 22.7 Å². The lowest BCUT2D eigenvalue weighted by molar-refractivity contribution is -0.143. The third-order valence-electron chi connectivity index (χ3n) is 5.07. The number of ether oxygens (including phenoxy) is 4. The molecule has 0 amide bonds. The van der Waals surface area contributed by atoms with Crippen LogP contribution in [0.25, 0.3) is 21.9 Å². The zero-order chi connectivity index (χ0) is 23.4. The van der Waals surface area contributed by atoms with Crippen molar-refractivity contribution in [2.24, 2.45) is 7.05 Å². The summed E-state index contributed by atoms with van der Waals surface area (Å²) in [6.45, 7) is 2.62. The maximum absolute atomic E-state index is 12.0.